The highest BCUT2D eigenvalue weighted by molar-refractivity contribution is 6.02. The number of amides is 1. The van der Waals surface area contributed by atoms with E-state index in [1.165, 1.54) is 19.4 Å². The molecule has 1 aromatic carbocycles. The second-order valence-corrected chi connectivity index (χ2v) is 9.45. The third-order valence-electron chi connectivity index (χ3n) is 5.86. The van der Waals surface area contributed by atoms with Gasteiger partial charge in [-0.25, -0.2) is 9.59 Å². The van der Waals surface area contributed by atoms with Gasteiger partial charge in [0.2, 0.25) is 0 Å². The standard InChI is InChI=1S/C28H37NO7/c1-6-7-15-35-21-13-10-12-20(16-21)18-28(3,4)25(31)24-22(30)17-23(36-26(24)32)19(2)11-8-9-14-29-27(33)34-5/h9-10,12-14,16-17,19,30H,6-8,11,15,18H2,1-5H3,(H,29,33)/b14-9+. The van der Waals surface area contributed by atoms with Gasteiger partial charge in [0.05, 0.1) is 13.7 Å². The van der Waals surface area contributed by atoms with Gasteiger partial charge in [-0.3, -0.25) is 10.1 Å². The summed E-state index contributed by atoms with van der Waals surface area (Å²) in [5.41, 5.74) is -1.26. The molecule has 1 heterocycles. The minimum atomic E-state index is -0.960. The van der Waals surface area contributed by atoms with Crippen LogP contribution >= 0.6 is 0 Å². The van der Waals surface area contributed by atoms with Gasteiger partial charge >= 0.3 is 11.7 Å². The first kappa shape index (κ1) is 28.7. The van der Waals surface area contributed by atoms with Crippen LogP contribution in [0.25, 0.3) is 0 Å². The van der Waals surface area contributed by atoms with Crippen molar-refractivity contribution >= 4 is 11.9 Å². The van der Waals surface area contributed by atoms with Gasteiger partial charge in [-0.2, -0.15) is 0 Å². The van der Waals surface area contributed by atoms with Crippen molar-refractivity contribution in [3.05, 3.63) is 69.9 Å². The van der Waals surface area contributed by atoms with Crippen LogP contribution < -0.4 is 15.7 Å². The summed E-state index contributed by atoms with van der Waals surface area (Å²) in [4.78, 5) is 37.1. The van der Waals surface area contributed by atoms with Gasteiger partial charge in [0, 0.05) is 23.6 Å². The summed E-state index contributed by atoms with van der Waals surface area (Å²) in [7, 11) is 1.28. The topological polar surface area (TPSA) is 115 Å². The van der Waals surface area contributed by atoms with E-state index in [2.05, 4.69) is 17.0 Å². The van der Waals surface area contributed by atoms with E-state index >= 15 is 0 Å². The molecule has 1 unspecified atom stereocenters. The first-order valence-electron chi connectivity index (χ1n) is 12.2. The highest BCUT2D eigenvalue weighted by atomic mass is 16.5. The molecule has 0 aliphatic rings. The highest BCUT2D eigenvalue weighted by Crippen LogP contribution is 2.32. The van der Waals surface area contributed by atoms with E-state index in [1.54, 1.807) is 19.9 Å². The van der Waals surface area contributed by atoms with Gasteiger partial charge in [-0.05, 0) is 43.4 Å². The van der Waals surface area contributed by atoms with Crippen molar-refractivity contribution in [2.45, 2.75) is 65.7 Å². The fourth-order valence-corrected chi connectivity index (χ4v) is 3.72. The molecule has 0 saturated heterocycles. The molecule has 0 saturated carbocycles. The quantitative estimate of drug-likeness (QED) is 0.267. The second kappa shape index (κ2) is 13.5. The Morgan fingerprint density at radius 2 is 2.00 bits per heavy atom. The summed E-state index contributed by atoms with van der Waals surface area (Å²) < 4.78 is 15.7. The van der Waals surface area contributed by atoms with E-state index in [0.29, 0.717) is 25.9 Å². The van der Waals surface area contributed by atoms with Crippen LogP contribution in [0.15, 0.2) is 51.8 Å². The molecule has 36 heavy (non-hydrogen) atoms. The van der Waals surface area contributed by atoms with Crippen LogP contribution in [0.1, 0.15) is 81.0 Å². The van der Waals surface area contributed by atoms with Crippen LogP contribution in [0.2, 0.25) is 0 Å². The molecule has 2 rings (SSSR count). The van der Waals surface area contributed by atoms with Crippen LogP contribution in [0, 0.1) is 5.41 Å². The van der Waals surface area contributed by atoms with E-state index < -0.39 is 22.9 Å². The number of aromatic hydroxyl groups is 1. The second-order valence-electron chi connectivity index (χ2n) is 9.45. The Morgan fingerprint density at radius 1 is 1.25 bits per heavy atom. The normalized spacial score (nSPS) is 12.4. The number of ketones is 1. The summed E-state index contributed by atoms with van der Waals surface area (Å²) in [5, 5.41) is 13.0. The minimum Gasteiger partial charge on any atom is -0.507 e. The fraction of sp³-hybridized carbons (Fsp3) is 0.464. The monoisotopic (exact) mass is 499 g/mol. The predicted octanol–water partition coefficient (Wildman–Crippen LogP) is 5.73. The lowest BCUT2D eigenvalue weighted by atomic mass is 9.79. The number of benzene rings is 1. The highest BCUT2D eigenvalue weighted by Gasteiger charge is 2.34. The van der Waals surface area contributed by atoms with Gasteiger partial charge < -0.3 is 19.0 Å². The molecule has 8 nitrogen and oxygen atoms in total. The lowest BCUT2D eigenvalue weighted by molar-refractivity contribution is 0.0829. The first-order valence-corrected chi connectivity index (χ1v) is 12.2. The average Bonchev–Trinajstić information content (AvgIpc) is 2.83. The van der Waals surface area contributed by atoms with Gasteiger partial charge in [0.15, 0.2) is 5.78 Å². The van der Waals surface area contributed by atoms with Crippen LogP contribution in [0.5, 0.6) is 11.5 Å². The third-order valence-corrected chi connectivity index (χ3v) is 5.86. The molecular formula is C28H37NO7. The van der Waals surface area contributed by atoms with Crippen LogP contribution in [-0.2, 0) is 11.2 Å². The number of hydrogen-bond donors (Lipinski definition) is 2. The summed E-state index contributed by atoms with van der Waals surface area (Å²) in [6.07, 6.45) is 6.20. The number of Topliss-reactive ketones (excluding diaryl/α,β-unsaturated/α-hetero) is 1. The van der Waals surface area contributed by atoms with E-state index in [9.17, 15) is 19.5 Å². The number of allylic oxidation sites excluding steroid dienone is 1. The van der Waals surface area contributed by atoms with Crippen molar-refractivity contribution in [1.82, 2.24) is 5.32 Å². The van der Waals surface area contributed by atoms with Crippen LogP contribution in [0.4, 0.5) is 4.79 Å². The number of nitrogens with one attached hydrogen (secondary N) is 1. The molecule has 1 atom stereocenters. The van der Waals surface area contributed by atoms with Crippen molar-refractivity contribution < 1.29 is 28.6 Å². The van der Waals surface area contributed by atoms with Gasteiger partial charge in [0.25, 0.3) is 0 Å². The number of rotatable bonds is 13. The number of unbranched alkanes of at least 4 members (excludes halogenated alkanes) is 1. The lowest BCUT2D eigenvalue weighted by Crippen LogP contribution is -2.31. The van der Waals surface area contributed by atoms with Gasteiger partial charge in [-0.15, -0.1) is 0 Å². The van der Waals surface area contributed by atoms with E-state index in [-0.39, 0.29) is 23.0 Å². The molecule has 0 spiro atoms. The molecule has 1 aromatic heterocycles. The molecule has 0 fully saturated rings. The zero-order chi connectivity index (χ0) is 26.7. The largest absolute Gasteiger partial charge is 0.507 e. The molecule has 0 radical (unpaired) electrons. The molecule has 0 aliphatic carbocycles. The Morgan fingerprint density at radius 3 is 2.67 bits per heavy atom. The Bertz CT molecular complexity index is 1120. The Hall–Kier alpha value is -3.55. The van der Waals surface area contributed by atoms with E-state index in [4.69, 9.17) is 9.15 Å². The zero-order valence-electron chi connectivity index (χ0n) is 21.8. The van der Waals surface area contributed by atoms with E-state index in [0.717, 1.165) is 24.2 Å². The maximum absolute atomic E-state index is 13.3. The maximum atomic E-state index is 13.3. The number of methoxy groups -OCH3 is 1. The molecule has 1 amide bonds. The van der Waals surface area contributed by atoms with Crippen molar-refractivity contribution in [2.75, 3.05) is 13.7 Å². The number of hydrogen-bond acceptors (Lipinski definition) is 7. The fourth-order valence-electron chi connectivity index (χ4n) is 3.72. The van der Waals surface area contributed by atoms with Crippen LogP contribution in [-0.4, -0.2) is 30.7 Å². The first-order chi connectivity index (χ1) is 17.1. The molecule has 2 N–H and O–H groups in total. The summed E-state index contributed by atoms with van der Waals surface area (Å²) in [6, 6.07) is 8.89. The molecule has 2 aromatic rings. The molecule has 8 heteroatoms. The number of carbonyl (C=O) groups excluding carboxylic acids is 2. The summed E-state index contributed by atoms with van der Waals surface area (Å²) in [6.45, 7) is 8.05. The van der Waals surface area contributed by atoms with Crippen molar-refractivity contribution in [3.8, 4) is 11.5 Å². The average molecular weight is 500 g/mol. The number of alkyl carbamates (subject to hydrolysis) is 1. The molecular weight excluding hydrogens is 462 g/mol. The predicted molar refractivity (Wildman–Crippen MR) is 138 cm³/mol. The lowest BCUT2D eigenvalue weighted by Gasteiger charge is -2.23. The molecule has 196 valence electrons. The Balaban J connectivity index is 2.10. The van der Waals surface area contributed by atoms with Crippen molar-refractivity contribution in [2.24, 2.45) is 5.41 Å². The Labute approximate surface area is 212 Å². The Kier molecular flexibility index (Phi) is 10.8. The zero-order valence-corrected chi connectivity index (χ0v) is 21.8. The SMILES string of the molecule is CCCCOc1cccc(CC(C)(C)C(=O)c2c(O)cc(C(C)CC/C=C/NC(=O)OC)oc2=O)c1. The molecule has 0 bridgehead atoms. The van der Waals surface area contributed by atoms with Crippen molar-refractivity contribution in [3.63, 3.8) is 0 Å². The third kappa shape index (κ3) is 8.29. The molecule has 0 aliphatic heterocycles. The summed E-state index contributed by atoms with van der Waals surface area (Å²) >= 11 is 0. The van der Waals surface area contributed by atoms with Crippen molar-refractivity contribution in [1.29, 1.82) is 0 Å². The minimum absolute atomic E-state index is 0.195. The number of carbonyl (C=O) groups is 2. The number of ether oxygens (including phenoxy) is 2. The smallest absolute Gasteiger partial charge is 0.410 e. The maximum Gasteiger partial charge on any atom is 0.410 e. The van der Waals surface area contributed by atoms with Gasteiger partial charge in [-0.1, -0.05) is 52.3 Å². The van der Waals surface area contributed by atoms with E-state index in [1.807, 2.05) is 31.2 Å². The van der Waals surface area contributed by atoms with Gasteiger partial charge in [0.1, 0.15) is 22.8 Å². The van der Waals surface area contributed by atoms with Crippen LogP contribution in [0.3, 0.4) is 0 Å². The summed E-state index contributed by atoms with van der Waals surface area (Å²) in [5.74, 6) is -0.0364.